The van der Waals surface area contributed by atoms with Crippen molar-refractivity contribution in [2.24, 2.45) is 5.41 Å². The van der Waals surface area contributed by atoms with E-state index in [0.717, 1.165) is 0 Å². The Kier molecular flexibility index (Phi) is 2.55. The summed E-state index contributed by atoms with van der Waals surface area (Å²) in [6.45, 7) is 0.0877. The van der Waals surface area contributed by atoms with E-state index in [9.17, 15) is 9.59 Å². The van der Waals surface area contributed by atoms with Crippen molar-refractivity contribution in [1.82, 2.24) is 20.7 Å². The van der Waals surface area contributed by atoms with Crippen molar-refractivity contribution < 1.29 is 14.7 Å². The van der Waals surface area contributed by atoms with Gasteiger partial charge in [-0.2, -0.15) is 5.21 Å². The maximum atomic E-state index is 11.5. The van der Waals surface area contributed by atoms with Crippen LogP contribution in [0.3, 0.4) is 0 Å². The lowest BCUT2D eigenvalue weighted by molar-refractivity contribution is -0.143. The molecule has 1 aromatic rings. The molecule has 1 amide bonds. The third kappa shape index (κ3) is 1.85. The second-order valence-corrected chi connectivity index (χ2v) is 4.09. The van der Waals surface area contributed by atoms with Crippen LogP contribution in [0, 0.1) is 5.41 Å². The monoisotopic (exact) mass is 244 g/mol. The van der Waals surface area contributed by atoms with Gasteiger partial charge in [-0.1, -0.05) is 11.6 Å². The molecule has 1 aliphatic rings. The highest BCUT2D eigenvalue weighted by molar-refractivity contribution is 6.32. The lowest BCUT2D eigenvalue weighted by Crippen LogP contribution is -2.34. The van der Waals surface area contributed by atoms with Crippen molar-refractivity contribution in [3.63, 3.8) is 0 Å². The van der Waals surface area contributed by atoms with Gasteiger partial charge in [0.05, 0.1) is 5.41 Å². The van der Waals surface area contributed by atoms with E-state index < -0.39 is 17.3 Å². The van der Waals surface area contributed by atoms with Crippen molar-refractivity contribution >= 4 is 23.5 Å². The van der Waals surface area contributed by atoms with Crippen LogP contribution in [0.15, 0.2) is 0 Å². The quantitative estimate of drug-likeness (QED) is 0.694. The number of nitrogens with zero attached hydrogens (tertiary/aromatic N) is 2. The fourth-order valence-corrected chi connectivity index (χ4v) is 1.48. The predicted molar refractivity (Wildman–Crippen MR) is 53.0 cm³/mol. The zero-order valence-corrected chi connectivity index (χ0v) is 8.91. The molecule has 0 radical (unpaired) electrons. The fourth-order valence-electron chi connectivity index (χ4n) is 1.31. The molecule has 1 saturated carbocycles. The van der Waals surface area contributed by atoms with Crippen LogP contribution in [0.1, 0.15) is 23.3 Å². The topological polar surface area (TPSA) is 108 Å². The van der Waals surface area contributed by atoms with Gasteiger partial charge in [0.15, 0.2) is 10.8 Å². The van der Waals surface area contributed by atoms with Gasteiger partial charge >= 0.3 is 5.97 Å². The molecule has 1 aromatic heterocycles. The number of nitrogens with one attached hydrogen (secondary N) is 2. The molecule has 0 atom stereocenters. The Morgan fingerprint density at radius 2 is 2.19 bits per heavy atom. The molecule has 16 heavy (non-hydrogen) atoms. The number of hydrogen-bond donors (Lipinski definition) is 3. The van der Waals surface area contributed by atoms with Crippen LogP contribution in [0.5, 0.6) is 0 Å². The smallest absolute Gasteiger partial charge is 0.311 e. The number of aliphatic carboxylic acids is 1. The van der Waals surface area contributed by atoms with Gasteiger partial charge in [-0.05, 0) is 12.8 Å². The summed E-state index contributed by atoms with van der Waals surface area (Å²) in [5, 5.41) is 20.6. The van der Waals surface area contributed by atoms with Gasteiger partial charge in [-0.15, -0.1) is 10.2 Å². The number of carbonyl (C=O) groups excluding carboxylic acids is 1. The highest BCUT2D eigenvalue weighted by Crippen LogP contribution is 2.45. The van der Waals surface area contributed by atoms with Crippen LogP contribution in [0.4, 0.5) is 0 Å². The summed E-state index contributed by atoms with van der Waals surface area (Å²) in [4.78, 5) is 22.4. The van der Waals surface area contributed by atoms with Gasteiger partial charge in [0.1, 0.15) is 0 Å². The highest BCUT2D eigenvalue weighted by atomic mass is 35.5. The van der Waals surface area contributed by atoms with E-state index in [2.05, 4.69) is 20.7 Å². The number of hydrogen-bond acceptors (Lipinski definition) is 4. The molecule has 3 N–H and O–H groups in total. The Morgan fingerprint density at radius 1 is 1.50 bits per heavy atom. The molecule has 1 aliphatic carbocycles. The zero-order valence-electron chi connectivity index (χ0n) is 8.16. The fraction of sp³-hybridized carbons (Fsp3) is 0.500. The minimum atomic E-state index is -0.890. The van der Waals surface area contributed by atoms with Crippen molar-refractivity contribution in [2.75, 3.05) is 6.54 Å². The van der Waals surface area contributed by atoms with Crippen LogP contribution in [-0.2, 0) is 4.79 Å². The van der Waals surface area contributed by atoms with E-state index in [-0.39, 0.29) is 17.4 Å². The summed E-state index contributed by atoms with van der Waals surface area (Å²) in [6, 6.07) is 0. The molecule has 0 spiro atoms. The number of carboxylic acids is 1. The number of carbonyl (C=O) groups is 2. The summed E-state index contributed by atoms with van der Waals surface area (Å²) in [5.74, 6) is -1.41. The Balaban J connectivity index is 1.95. The first-order valence-corrected chi connectivity index (χ1v) is 5.01. The molecule has 8 heteroatoms. The maximum Gasteiger partial charge on any atom is 0.311 e. The summed E-state index contributed by atoms with van der Waals surface area (Å²) in [7, 11) is 0. The second kappa shape index (κ2) is 3.75. The average Bonchev–Trinajstić information content (AvgIpc) is 2.92. The zero-order chi connectivity index (χ0) is 11.8. The van der Waals surface area contributed by atoms with Gasteiger partial charge in [0.2, 0.25) is 0 Å². The highest BCUT2D eigenvalue weighted by Gasteiger charge is 2.50. The lowest BCUT2D eigenvalue weighted by atomic mass is 10.1. The van der Waals surface area contributed by atoms with Gasteiger partial charge in [-0.25, -0.2) is 0 Å². The lowest BCUT2D eigenvalue weighted by Gasteiger charge is -2.09. The normalized spacial score (nSPS) is 16.8. The maximum absolute atomic E-state index is 11.5. The number of aromatic nitrogens is 3. The summed E-state index contributed by atoms with van der Waals surface area (Å²) in [5.41, 5.74) is -0.825. The number of rotatable bonds is 4. The van der Waals surface area contributed by atoms with E-state index in [0.29, 0.717) is 12.8 Å². The first kappa shape index (κ1) is 10.9. The Labute approximate surface area is 95.2 Å². The van der Waals surface area contributed by atoms with Crippen molar-refractivity contribution in [2.45, 2.75) is 12.8 Å². The van der Waals surface area contributed by atoms with E-state index >= 15 is 0 Å². The van der Waals surface area contributed by atoms with E-state index in [1.54, 1.807) is 0 Å². The summed E-state index contributed by atoms with van der Waals surface area (Å²) in [6.07, 6.45) is 1.16. The number of amides is 1. The number of carboxylic acid groups (broad SMARTS) is 1. The van der Waals surface area contributed by atoms with Crippen LogP contribution < -0.4 is 5.32 Å². The summed E-state index contributed by atoms with van der Waals surface area (Å²) < 4.78 is 0. The third-order valence-electron chi connectivity index (χ3n) is 2.62. The molecule has 0 aromatic carbocycles. The number of H-pyrrole nitrogens is 1. The minimum Gasteiger partial charge on any atom is -0.481 e. The Hall–Kier alpha value is -1.63. The largest absolute Gasteiger partial charge is 0.481 e. The van der Waals surface area contributed by atoms with Crippen LogP contribution in [-0.4, -0.2) is 38.9 Å². The molecule has 7 nitrogen and oxygen atoms in total. The van der Waals surface area contributed by atoms with Crippen LogP contribution in [0.2, 0.25) is 5.15 Å². The molecule has 1 fully saturated rings. The van der Waals surface area contributed by atoms with Gasteiger partial charge in [0.25, 0.3) is 5.91 Å². The van der Waals surface area contributed by atoms with E-state index in [1.807, 2.05) is 0 Å². The molecular formula is C8H9ClN4O3. The molecule has 0 saturated heterocycles. The van der Waals surface area contributed by atoms with Crippen molar-refractivity contribution in [1.29, 1.82) is 0 Å². The van der Waals surface area contributed by atoms with Crippen LogP contribution in [0.25, 0.3) is 0 Å². The minimum absolute atomic E-state index is 0.0251. The third-order valence-corrected chi connectivity index (χ3v) is 2.88. The number of aromatic amines is 1. The molecule has 86 valence electrons. The first-order chi connectivity index (χ1) is 7.55. The second-order valence-electron chi connectivity index (χ2n) is 3.73. The molecule has 0 unspecified atom stereocenters. The number of halogens is 1. The molecule has 1 heterocycles. The van der Waals surface area contributed by atoms with Gasteiger partial charge in [0, 0.05) is 6.54 Å². The summed E-state index contributed by atoms with van der Waals surface area (Å²) >= 11 is 5.58. The average molecular weight is 245 g/mol. The van der Waals surface area contributed by atoms with E-state index in [4.69, 9.17) is 16.7 Å². The Bertz CT molecular complexity index is 440. The predicted octanol–water partition coefficient (Wildman–Crippen LogP) is 0.0527. The molecule has 0 aliphatic heterocycles. The van der Waals surface area contributed by atoms with Crippen molar-refractivity contribution in [3.8, 4) is 0 Å². The van der Waals surface area contributed by atoms with Crippen LogP contribution >= 0.6 is 11.6 Å². The van der Waals surface area contributed by atoms with E-state index in [1.165, 1.54) is 0 Å². The van der Waals surface area contributed by atoms with Gasteiger partial charge < -0.3 is 10.4 Å². The molecule has 2 rings (SSSR count). The SMILES string of the molecule is O=C(NCC1(C(=O)O)CC1)c1n[nH]nc1Cl. The molecular weight excluding hydrogens is 236 g/mol. The van der Waals surface area contributed by atoms with Crippen molar-refractivity contribution in [3.05, 3.63) is 10.8 Å². The molecule has 0 bridgehead atoms. The Morgan fingerprint density at radius 3 is 2.62 bits per heavy atom. The standard InChI is InChI=1S/C8H9ClN4O3/c9-5-4(11-13-12-5)6(14)10-3-8(1-2-8)7(15)16/h1-3H2,(H,10,14)(H,15,16)(H,11,12,13). The van der Waals surface area contributed by atoms with Gasteiger partial charge in [-0.3, -0.25) is 9.59 Å². The first-order valence-electron chi connectivity index (χ1n) is 4.63.